The zero-order valence-electron chi connectivity index (χ0n) is 19.1. The fraction of sp³-hybridized carbons (Fsp3) is 0.148. The lowest BCUT2D eigenvalue weighted by Crippen LogP contribution is -2.31. The van der Waals surface area contributed by atoms with Gasteiger partial charge in [-0.25, -0.2) is 0 Å². The van der Waals surface area contributed by atoms with Gasteiger partial charge in [0.05, 0.1) is 18.0 Å². The minimum Gasteiger partial charge on any atom is -0.497 e. The Morgan fingerprint density at radius 1 is 1.14 bits per heavy atom. The van der Waals surface area contributed by atoms with Crippen LogP contribution in [0.25, 0.3) is 0 Å². The van der Waals surface area contributed by atoms with E-state index in [4.69, 9.17) is 16.3 Å². The topological polar surface area (TPSA) is 82.4 Å². The first-order chi connectivity index (χ1) is 16.9. The monoisotopic (exact) mass is 503 g/mol. The molecule has 1 N–H and O–H groups in total. The van der Waals surface area contributed by atoms with Gasteiger partial charge in [0.15, 0.2) is 0 Å². The molecule has 176 valence electrons. The minimum atomic E-state index is -0.603. The van der Waals surface area contributed by atoms with Crippen LogP contribution in [0.15, 0.2) is 83.4 Å². The number of aryl methyl sites for hydroxylation is 1. The van der Waals surface area contributed by atoms with Gasteiger partial charge in [0.25, 0.3) is 5.91 Å². The molecule has 4 rings (SSSR count). The van der Waals surface area contributed by atoms with Crippen LogP contribution in [0, 0.1) is 18.3 Å². The van der Waals surface area contributed by atoms with Crippen LogP contribution in [0.4, 0.5) is 11.4 Å². The number of carbonyl (C=O) groups is 2. The van der Waals surface area contributed by atoms with Crippen molar-refractivity contribution < 1.29 is 14.3 Å². The maximum atomic E-state index is 13.6. The van der Waals surface area contributed by atoms with Crippen LogP contribution >= 0.6 is 23.4 Å². The molecule has 1 unspecified atom stereocenters. The van der Waals surface area contributed by atoms with Crippen LogP contribution in [0.5, 0.6) is 5.75 Å². The molecule has 1 saturated heterocycles. The summed E-state index contributed by atoms with van der Waals surface area (Å²) in [5, 5.41) is 13.0. The molecule has 1 atom stereocenters. The van der Waals surface area contributed by atoms with Crippen LogP contribution in [0.3, 0.4) is 0 Å². The maximum absolute atomic E-state index is 13.6. The number of nitriles is 1. The Morgan fingerprint density at radius 2 is 1.89 bits per heavy atom. The fourth-order valence-electron chi connectivity index (χ4n) is 3.76. The third kappa shape index (κ3) is 5.35. The van der Waals surface area contributed by atoms with E-state index in [1.165, 1.54) is 16.7 Å². The number of hydrogen-bond acceptors (Lipinski definition) is 5. The summed E-state index contributed by atoms with van der Waals surface area (Å²) in [6, 6.07) is 23.6. The highest BCUT2D eigenvalue weighted by molar-refractivity contribution is 8.05. The van der Waals surface area contributed by atoms with Gasteiger partial charge >= 0.3 is 0 Å². The number of halogens is 1. The van der Waals surface area contributed by atoms with Gasteiger partial charge in [-0.3, -0.25) is 14.5 Å². The van der Waals surface area contributed by atoms with Crippen molar-refractivity contribution in [3.63, 3.8) is 0 Å². The zero-order chi connectivity index (χ0) is 24.9. The van der Waals surface area contributed by atoms with Crippen molar-refractivity contribution in [1.29, 1.82) is 5.26 Å². The zero-order valence-corrected chi connectivity index (χ0v) is 20.7. The van der Waals surface area contributed by atoms with E-state index in [0.717, 1.165) is 16.9 Å². The number of benzene rings is 3. The number of para-hydroxylation sites is 1. The van der Waals surface area contributed by atoms with Crippen molar-refractivity contribution in [1.82, 2.24) is 0 Å². The summed E-state index contributed by atoms with van der Waals surface area (Å²) in [6.45, 7) is 1.89. The molecule has 0 bridgehead atoms. The van der Waals surface area contributed by atoms with Gasteiger partial charge in [-0.2, -0.15) is 5.26 Å². The van der Waals surface area contributed by atoms with E-state index in [1.807, 2.05) is 61.5 Å². The van der Waals surface area contributed by atoms with Crippen LogP contribution in [0.2, 0.25) is 5.02 Å². The van der Waals surface area contributed by atoms with Gasteiger partial charge in [0, 0.05) is 10.7 Å². The molecule has 8 heteroatoms. The molecule has 0 aliphatic carbocycles. The van der Waals surface area contributed by atoms with Gasteiger partial charge < -0.3 is 10.1 Å². The molecule has 3 aromatic carbocycles. The second kappa shape index (κ2) is 10.7. The molecule has 3 aromatic rings. The molecule has 1 fully saturated rings. The average Bonchev–Trinajstić information content (AvgIpc) is 3.15. The predicted octanol–water partition coefficient (Wildman–Crippen LogP) is 5.72. The number of hydrogen-bond donors (Lipinski definition) is 1. The van der Waals surface area contributed by atoms with E-state index < -0.39 is 11.2 Å². The Labute approximate surface area is 213 Å². The molecule has 0 aromatic heterocycles. The second-order valence-electron chi connectivity index (χ2n) is 7.88. The first-order valence-electron chi connectivity index (χ1n) is 10.8. The van der Waals surface area contributed by atoms with Crippen LogP contribution in [-0.2, 0) is 16.0 Å². The smallest absolute Gasteiger partial charge is 0.269 e. The lowest BCUT2D eigenvalue weighted by molar-refractivity contribution is -0.117. The van der Waals surface area contributed by atoms with Gasteiger partial charge in [0.2, 0.25) is 5.91 Å². The lowest BCUT2D eigenvalue weighted by atomic mass is 10.1. The fourth-order valence-corrected chi connectivity index (χ4v) is 5.25. The highest BCUT2D eigenvalue weighted by Crippen LogP contribution is 2.43. The Kier molecular flexibility index (Phi) is 7.45. The van der Waals surface area contributed by atoms with E-state index >= 15 is 0 Å². The molecule has 2 amide bonds. The van der Waals surface area contributed by atoms with E-state index in [1.54, 1.807) is 31.4 Å². The van der Waals surface area contributed by atoms with Crippen LogP contribution in [0.1, 0.15) is 11.1 Å². The van der Waals surface area contributed by atoms with E-state index in [9.17, 15) is 14.9 Å². The normalized spacial score (nSPS) is 16.6. The third-order valence-corrected chi connectivity index (χ3v) is 7.02. The van der Waals surface area contributed by atoms with E-state index in [0.29, 0.717) is 27.8 Å². The summed E-state index contributed by atoms with van der Waals surface area (Å²) in [6.07, 6.45) is 0.438. The number of nitrogens with one attached hydrogen (secondary N) is 1. The van der Waals surface area contributed by atoms with Crippen molar-refractivity contribution in [3.8, 4) is 11.8 Å². The van der Waals surface area contributed by atoms with Gasteiger partial charge in [-0.05, 0) is 60.9 Å². The number of carbonyl (C=O) groups excluding carboxylic acids is 2. The molecule has 1 aliphatic rings. The first-order valence-corrected chi connectivity index (χ1v) is 12.1. The number of thioether (sulfide) groups is 1. The van der Waals surface area contributed by atoms with Crippen molar-refractivity contribution in [2.75, 3.05) is 17.3 Å². The number of anilines is 2. The third-order valence-electron chi connectivity index (χ3n) is 5.52. The number of nitrogens with zero attached hydrogens (tertiary/aromatic N) is 2. The van der Waals surface area contributed by atoms with Gasteiger partial charge in [-0.15, -0.1) is 0 Å². The average molecular weight is 504 g/mol. The molecular weight excluding hydrogens is 482 g/mol. The van der Waals surface area contributed by atoms with Crippen molar-refractivity contribution in [2.24, 2.45) is 0 Å². The highest BCUT2D eigenvalue weighted by Gasteiger charge is 2.41. The minimum absolute atomic E-state index is 0.135. The molecule has 35 heavy (non-hydrogen) atoms. The molecule has 6 nitrogen and oxygen atoms in total. The molecule has 0 radical (unpaired) electrons. The number of amides is 2. The molecular formula is C27H22ClN3O3S. The summed E-state index contributed by atoms with van der Waals surface area (Å²) >= 11 is 7.26. The van der Waals surface area contributed by atoms with Gasteiger partial charge in [0.1, 0.15) is 22.4 Å². The quantitative estimate of drug-likeness (QED) is 0.343. The highest BCUT2D eigenvalue weighted by atomic mass is 35.5. The molecule has 1 heterocycles. The maximum Gasteiger partial charge on any atom is 0.269 e. The standard InChI is InChI=1S/C27H22ClN3O3S/c1-17-6-3-4-9-23(17)31-26(33)24(14-18-10-12-21(34-2)13-11-18)35-27(31)22(16-29)25(32)30-20-8-5-7-19(28)15-20/h3-13,15,24H,14H2,1-2H3,(H,30,32). The largest absolute Gasteiger partial charge is 0.497 e. The summed E-state index contributed by atoms with van der Waals surface area (Å²) in [7, 11) is 1.60. The predicted molar refractivity (Wildman–Crippen MR) is 139 cm³/mol. The summed E-state index contributed by atoms with van der Waals surface area (Å²) in [5.74, 6) is -0.0575. The van der Waals surface area contributed by atoms with E-state index in [2.05, 4.69) is 5.32 Å². The van der Waals surface area contributed by atoms with E-state index in [-0.39, 0.29) is 11.5 Å². The SMILES string of the molecule is COc1ccc(CC2SC(=C(C#N)C(=O)Nc3cccc(Cl)c3)N(c3ccccc3C)C2=O)cc1. The first kappa shape index (κ1) is 24.4. The van der Waals surface area contributed by atoms with Crippen molar-refractivity contribution in [2.45, 2.75) is 18.6 Å². The Morgan fingerprint density at radius 3 is 2.54 bits per heavy atom. The van der Waals surface area contributed by atoms with Crippen LogP contribution in [-0.4, -0.2) is 24.2 Å². The van der Waals surface area contributed by atoms with Crippen molar-refractivity contribution in [3.05, 3.63) is 99.5 Å². The number of ether oxygens (including phenoxy) is 1. The second-order valence-corrected chi connectivity index (χ2v) is 9.50. The number of methoxy groups -OCH3 is 1. The summed E-state index contributed by atoms with van der Waals surface area (Å²) in [4.78, 5) is 28.3. The van der Waals surface area contributed by atoms with Crippen LogP contribution < -0.4 is 15.0 Å². The Hall–Kier alpha value is -3.73. The number of rotatable bonds is 6. The summed E-state index contributed by atoms with van der Waals surface area (Å²) in [5.41, 5.74) is 2.77. The molecule has 0 spiro atoms. The Bertz CT molecular complexity index is 1350. The lowest BCUT2D eigenvalue weighted by Gasteiger charge is -2.20. The molecule has 1 aliphatic heterocycles. The summed E-state index contributed by atoms with van der Waals surface area (Å²) < 4.78 is 5.22. The van der Waals surface area contributed by atoms with Gasteiger partial charge in [-0.1, -0.05) is 59.8 Å². The van der Waals surface area contributed by atoms with Crippen molar-refractivity contribution >= 4 is 46.6 Å². The Balaban J connectivity index is 1.72. The molecule has 0 saturated carbocycles.